The molecule has 5 nitrogen and oxygen atoms in total. The third-order valence-corrected chi connectivity index (χ3v) is 5.64. The highest BCUT2D eigenvalue weighted by atomic mass is 32.2. The van der Waals surface area contributed by atoms with Gasteiger partial charge in [-0.15, -0.1) is 0 Å². The standard InChI is InChI=1S/C14H23NO4S/c1-2-7-15-10-12-3-4-13(19-12)11-20(16,17)14-5-8-18-9-6-14/h3-4,14-15H,2,5-11H2,1H3. The van der Waals surface area contributed by atoms with Crippen LogP contribution in [0.2, 0.25) is 0 Å². The van der Waals surface area contributed by atoms with Gasteiger partial charge in [0.05, 0.1) is 11.8 Å². The third kappa shape index (κ3) is 4.33. The number of hydrogen-bond donors (Lipinski definition) is 1. The number of rotatable bonds is 7. The second-order valence-corrected chi connectivity index (χ2v) is 7.44. The van der Waals surface area contributed by atoms with E-state index in [2.05, 4.69) is 12.2 Å². The molecule has 0 saturated carbocycles. The average Bonchev–Trinajstić information content (AvgIpc) is 2.87. The lowest BCUT2D eigenvalue weighted by Gasteiger charge is -2.21. The van der Waals surface area contributed by atoms with E-state index in [0.29, 0.717) is 38.4 Å². The highest BCUT2D eigenvalue weighted by molar-refractivity contribution is 7.91. The molecule has 1 aromatic rings. The maximum atomic E-state index is 12.3. The Labute approximate surface area is 120 Å². The van der Waals surface area contributed by atoms with Crippen LogP contribution in [0.1, 0.15) is 37.7 Å². The van der Waals surface area contributed by atoms with Crippen LogP contribution in [0.25, 0.3) is 0 Å². The SMILES string of the molecule is CCCNCc1ccc(CS(=O)(=O)C2CCOCC2)o1. The Balaban J connectivity index is 1.91. The Morgan fingerprint density at radius 3 is 2.65 bits per heavy atom. The Morgan fingerprint density at radius 2 is 1.95 bits per heavy atom. The smallest absolute Gasteiger partial charge is 0.160 e. The first kappa shape index (κ1) is 15.5. The summed E-state index contributed by atoms with van der Waals surface area (Å²) in [5.74, 6) is 1.31. The second-order valence-electron chi connectivity index (χ2n) is 5.16. The lowest BCUT2D eigenvalue weighted by molar-refractivity contribution is 0.0983. The summed E-state index contributed by atoms with van der Waals surface area (Å²) < 4.78 is 35.4. The van der Waals surface area contributed by atoms with Crippen molar-refractivity contribution in [2.45, 2.75) is 43.7 Å². The summed E-state index contributed by atoms with van der Waals surface area (Å²) in [4.78, 5) is 0. The summed E-state index contributed by atoms with van der Waals surface area (Å²) in [5, 5.41) is 2.94. The maximum Gasteiger partial charge on any atom is 0.160 e. The van der Waals surface area contributed by atoms with E-state index in [1.807, 2.05) is 6.07 Å². The van der Waals surface area contributed by atoms with Gasteiger partial charge in [0.25, 0.3) is 0 Å². The molecule has 2 rings (SSSR count). The normalized spacial score (nSPS) is 17.4. The molecule has 0 radical (unpaired) electrons. The van der Waals surface area contributed by atoms with E-state index >= 15 is 0 Å². The van der Waals surface area contributed by atoms with Gasteiger partial charge in [-0.1, -0.05) is 6.92 Å². The molecule has 0 amide bonds. The molecule has 2 heterocycles. The van der Waals surface area contributed by atoms with Gasteiger partial charge in [-0.2, -0.15) is 0 Å². The van der Waals surface area contributed by atoms with Gasteiger partial charge in [0.15, 0.2) is 9.84 Å². The first-order chi connectivity index (χ1) is 9.62. The van der Waals surface area contributed by atoms with Gasteiger partial charge in [-0.3, -0.25) is 0 Å². The van der Waals surface area contributed by atoms with Crippen molar-refractivity contribution in [1.82, 2.24) is 5.32 Å². The Hall–Kier alpha value is -0.850. The van der Waals surface area contributed by atoms with E-state index in [4.69, 9.17) is 9.15 Å². The first-order valence-electron chi connectivity index (χ1n) is 7.19. The van der Waals surface area contributed by atoms with Crippen molar-refractivity contribution in [2.75, 3.05) is 19.8 Å². The lowest BCUT2D eigenvalue weighted by Crippen LogP contribution is -2.29. The zero-order chi connectivity index (χ0) is 14.4. The zero-order valence-electron chi connectivity index (χ0n) is 11.9. The van der Waals surface area contributed by atoms with Crippen LogP contribution in [-0.4, -0.2) is 33.4 Å². The van der Waals surface area contributed by atoms with Gasteiger partial charge < -0.3 is 14.5 Å². The molecule has 0 spiro atoms. The van der Waals surface area contributed by atoms with Crippen molar-refractivity contribution in [1.29, 1.82) is 0 Å². The van der Waals surface area contributed by atoms with E-state index in [-0.39, 0.29) is 11.0 Å². The van der Waals surface area contributed by atoms with Crippen LogP contribution < -0.4 is 5.32 Å². The molecule has 0 bridgehead atoms. The third-order valence-electron chi connectivity index (χ3n) is 3.46. The summed E-state index contributed by atoms with van der Waals surface area (Å²) in [5.41, 5.74) is 0. The summed E-state index contributed by atoms with van der Waals surface area (Å²) in [6.45, 7) is 4.74. The minimum absolute atomic E-state index is 0.00849. The van der Waals surface area contributed by atoms with E-state index in [1.54, 1.807) is 6.07 Å². The van der Waals surface area contributed by atoms with Gasteiger partial charge in [-0.25, -0.2) is 8.42 Å². The van der Waals surface area contributed by atoms with Crippen molar-refractivity contribution >= 4 is 9.84 Å². The van der Waals surface area contributed by atoms with Crippen LogP contribution >= 0.6 is 0 Å². The molecule has 1 aliphatic rings. The lowest BCUT2D eigenvalue weighted by atomic mass is 10.2. The Kier molecular flexibility index (Phi) is 5.63. The molecule has 0 atom stereocenters. The number of hydrogen-bond acceptors (Lipinski definition) is 5. The first-order valence-corrected chi connectivity index (χ1v) is 8.91. The highest BCUT2D eigenvalue weighted by Gasteiger charge is 2.28. The fraction of sp³-hybridized carbons (Fsp3) is 0.714. The molecule has 0 unspecified atom stereocenters. The minimum atomic E-state index is -3.14. The molecule has 20 heavy (non-hydrogen) atoms. The van der Waals surface area contributed by atoms with Gasteiger partial charge in [-0.05, 0) is 37.9 Å². The molecule has 1 N–H and O–H groups in total. The van der Waals surface area contributed by atoms with Crippen LogP contribution in [0, 0.1) is 0 Å². The monoisotopic (exact) mass is 301 g/mol. The number of sulfone groups is 1. The van der Waals surface area contributed by atoms with E-state index in [9.17, 15) is 8.42 Å². The van der Waals surface area contributed by atoms with E-state index < -0.39 is 9.84 Å². The van der Waals surface area contributed by atoms with E-state index in [1.165, 1.54) is 0 Å². The molecule has 1 aliphatic heterocycles. The number of nitrogens with one attached hydrogen (secondary N) is 1. The Morgan fingerprint density at radius 1 is 1.25 bits per heavy atom. The molecule has 6 heteroatoms. The van der Waals surface area contributed by atoms with Crippen LogP contribution in [0.5, 0.6) is 0 Å². The number of furan rings is 1. The largest absolute Gasteiger partial charge is 0.464 e. The summed E-state index contributed by atoms with van der Waals surface area (Å²) in [7, 11) is -3.14. The molecule has 1 fully saturated rings. The van der Waals surface area contributed by atoms with Gasteiger partial charge in [0.1, 0.15) is 17.3 Å². The molecule has 1 aromatic heterocycles. The number of ether oxygens (including phenoxy) is 1. The van der Waals surface area contributed by atoms with Crippen molar-refractivity contribution in [2.24, 2.45) is 0 Å². The zero-order valence-corrected chi connectivity index (χ0v) is 12.7. The van der Waals surface area contributed by atoms with Gasteiger partial charge >= 0.3 is 0 Å². The molecular formula is C14H23NO4S. The van der Waals surface area contributed by atoms with Crippen molar-refractivity contribution in [3.63, 3.8) is 0 Å². The highest BCUT2D eigenvalue weighted by Crippen LogP contribution is 2.21. The molecule has 114 valence electrons. The molecule has 0 aliphatic carbocycles. The summed E-state index contributed by atoms with van der Waals surface area (Å²) in [6, 6.07) is 3.61. The van der Waals surface area contributed by atoms with Crippen molar-refractivity contribution in [3.8, 4) is 0 Å². The van der Waals surface area contributed by atoms with Crippen molar-refractivity contribution in [3.05, 3.63) is 23.7 Å². The summed E-state index contributed by atoms with van der Waals surface area (Å²) >= 11 is 0. The Bertz CT molecular complexity index is 503. The predicted octanol–water partition coefficient (Wildman–Crippen LogP) is 1.87. The molecule has 0 aromatic carbocycles. The fourth-order valence-corrected chi connectivity index (χ4v) is 4.03. The molecular weight excluding hydrogens is 278 g/mol. The fourth-order valence-electron chi connectivity index (χ4n) is 2.33. The van der Waals surface area contributed by atoms with Crippen LogP contribution in [-0.2, 0) is 26.9 Å². The van der Waals surface area contributed by atoms with Gasteiger partial charge in [0.2, 0.25) is 0 Å². The quantitative estimate of drug-likeness (QED) is 0.779. The van der Waals surface area contributed by atoms with E-state index in [0.717, 1.165) is 18.7 Å². The summed E-state index contributed by atoms with van der Waals surface area (Å²) in [6.07, 6.45) is 2.24. The minimum Gasteiger partial charge on any atom is -0.464 e. The van der Waals surface area contributed by atoms with Gasteiger partial charge in [0, 0.05) is 13.2 Å². The van der Waals surface area contributed by atoms with Crippen LogP contribution in [0.15, 0.2) is 16.5 Å². The topological polar surface area (TPSA) is 68.5 Å². The molecule has 1 saturated heterocycles. The average molecular weight is 301 g/mol. The predicted molar refractivity (Wildman–Crippen MR) is 77.2 cm³/mol. The second kappa shape index (κ2) is 7.24. The van der Waals surface area contributed by atoms with Crippen LogP contribution in [0.3, 0.4) is 0 Å². The van der Waals surface area contributed by atoms with Crippen LogP contribution in [0.4, 0.5) is 0 Å². The van der Waals surface area contributed by atoms with Crippen molar-refractivity contribution < 1.29 is 17.6 Å². The maximum absolute atomic E-state index is 12.3.